The number of hydrogen-bond acceptors (Lipinski definition) is 3. The molecule has 0 bridgehead atoms. The third kappa shape index (κ3) is 2.86. The van der Waals surface area contributed by atoms with Crippen molar-refractivity contribution in [1.29, 1.82) is 0 Å². The van der Waals surface area contributed by atoms with E-state index in [2.05, 4.69) is 4.72 Å². The van der Waals surface area contributed by atoms with Gasteiger partial charge in [-0.15, -0.1) is 0 Å². The third-order valence-electron chi connectivity index (χ3n) is 2.79. The van der Waals surface area contributed by atoms with E-state index < -0.39 is 15.8 Å². The first-order chi connectivity index (χ1) is 9.31. The molecule has 0 saturated carbocycles. The average Bonchev–Trinajstić information content (AvgIpc) is 2.36. The molecule has 0 fully saturated rings. The Bertz CT molecular complexity index is 763. The second kappa shape index (κ2) is 5.30. The molecule has 0 radical (unpaired) electrons. The summed E-state index contributed by atoms with van der Waals surface area (Å²) in [6.07, 6.45) is 0. The van der Waals surface area contributed by atoms with Gasteiger partial charge in [0.2, 0.25) is 0 Å². The maximum absolute atomic E-state index is 13.0. The smallest absolute Gasteiger partial charge is 0.262 e. The van der Waals surface area contributed by atoms with Crippen molar-refractivity contribution in [3.8, 4) is 0 Å². The second-order valence-electron chi connectivity index (χ2n) is 4.20. The Morgan fingerprint density at radius 2 is 1.95 bits per heavy atom. The van der Waals surface area contributed by atoms with Gasteiger partial charge in [0.05, 0.1) is 15.6 Å². The van der Waals surface area contributed by atoms with Crippen LogP contribution in [0, 0.1) is 12.7 Å². The Kier molecular flexibility index (Phi) is 3.87. The standard InChI is InChI=1S/C13H12ClFN2O2S/c1-8-12(16)3-2-4-13(8)20(18,19)17-9-5-6-11(15)10(14)7-9/h2-7,17H,16H2,1H3. The Hall–Kier alpha value is -1.79. The van der Waals surface area contributed by atoms with Crippen LogP contribution in [-0.4, -0.2) is 8.42 Å². The third-order valence-corrected chi connectivity index (χ3v) is 4.60. The van der Waals surface area contributed by atoms with Gasteiger partial charge in [0.25, 0.3) is 10.0 Å². The maximum Gasteiger partial charge on any atom is 0.262 e. The molecule has 0 spiro atoms. The van der Waals surface area contributed by atoms with E-state index in [0.717, 1.165) is 6.07 Å². The highest BCUT2D eigenvalue weighted by Gasteiger charge is 2.18. The fraction of sp³-hybridized carbons (Fsp3) is 0.0769. The number of nitrogens with two attached hydrogens (primary N) is 1. The molecule has 0 saturated heterocycles. The van der Waals surface area contributed by atoms with E-state index in [1.807, 2.05) is 0 Å². The summed E-state index contributed by atoms with van der Waals surface area (Å²) in [6, 6.07) is 8.19. The highest BCUT2D eigenvalue weighted by Crippen LogP contribution is 2.25. The summed E-state index contributed by atoms with van der Waals surface area (Å²) < 4.78 is 39.9. The predicted molar refractivity (Wildman–Crippen MR) is 77.8 cm³/mol. The predicted octanol–water partition coefficient (Wildman–Crippen LogP) is 3.17. The largest absolute Gasteiger partial charge is 0.398 e. The van der Waals surface area contributed by atoms with Gasteiger partial charge in [0, 0.05) is 5.69 Å². The van der Waals surface area contributed by atoms with Crippen molar-refractivity contribution < 1.29 is 12.8 Å². The molecule has 0 atom stereocenters. The number of sulfonamides is 1. The first-order valence-corrected chi connectivity index (χ1v) is 7.50. The molecule has 0 aliphatic heterocycles. The van der Waals surface area contributed by atoms with E-state index in [-0.39, 0.29) is 15.6 Å². The number of nitrogen functional groups attached to an aromatic ring is 1. The average molecular weight is 315 g/mol. The van der Waals surface area contributed by atoms with E-state index in [4.69, 9.17) is 17.3 Å². The molecule has 2 rings (SSSR count). The van der Waals surface area contributed by atoms with E-state index in [1.54, 1.807) is 19.1 Å². The van der Waals surface area contributed by atoms with Crippen LogP contribution in [0.1, 0.15) is 5.56 Å². The fourth-order valence-electron chi connectivity index (χ4n) is 1.69. The SMILES string of the molecule is Cc1c(N)cccc1S(=O)(=O)Nc1ccc(F)c(Cl)c1. The van der Waals surface area contributed by atoms with Crippen molar-refractivity contribution in [3.63, 3.8) is 0 Å². The molecule has 0 amide bonds. The highest BCUT2D eigenvalue weighted by atomic mass is 35.5. The number of nitrogens with one attached hydrogen (secondary N) is 1. The van der Waals surface area contributed by atoms with Gasteiger partial charge in [-0.1, -0.05) is 17.7 Å². The number of hydrogen-bond donors (Lipinski definition) is 2. The van der Waals surface area contributed by atoms with Gasteiger partial charge in [0.1, 0.15) is 5.82 Å². The molecular formula is C13H12ClFN2O2S. The summed E-state index contributed by atoms with van der Waals surface area (Å²) >= 11 is 5.62. The minimum absolute atomic E-state index is 0.0675. The normalized spacial score (nSPS) is 11.3. The molecule has 2 aromatic carbocycles. The first kappa shape index (κ1) is 14.6. The molecule has 0 aliphatic rings. The number of anilines is 2. The van der Waals surface area contributed by atoms with Crippen LogP contribution in [0.4, 0.5) is 15.8 Å². The van der Waals surface area contributed by atoms with Crippen molar-refractivity contribution in [1.82, 2.24) is 0 Å². The van der Waals surface area contributed by atoms with Crippen LogP contribution in [0.25, 0.3) is 0 Å². The van der Waals surface area contributed by atoms with Crippen LogP contribution in [0.3, 0.4) is 0 Å². The van der Waals surface area contributed by atoms with Gasteiger partial charge in [-0.2, -0.15) is 0 Å². The molecule has 0 aromatic heterocycles. The molecule has 0 unspecified atom stereocenters. The zero-order valence-corrected chi connectivity index (χ0v) is 12.1. The van der Waals surface area contributed by atoms with Gasteiger partial charge in [-0.3, -0.25) is 4.72 Å². The lowest BCUT2D eigenvalue weighted by molar-refractivity contribution is 0.600. The fourth-order valence-corrected chi connectivity index (χ4v) is 3.20. The van der Waals surface area contributed by atoms with E-state index in [1.165, 1.54) is 18.2 Å². The van der Waals surface area contributed by atoms with Gasteiger partial charge in [0.15, 0.2) is 0 Å². The van der Waals surface area contributed by atoms with Crippen molar-refractivity contribution >= 4 is 33.0 Å². The zero-order valence-electron chi connectivity index (χ0n) is 10.5. The summed E-state index contributed by atoms with van der Waals surface area (Å²) in [5.74, 6) is -0.616. The molecule has 0 heterocycles. The molecule has 7 heteroatoms. The molecule has 106 valence electrons. The quantitative estimate of drug-likeness (QED) is 0.855. The minimum atomic E-state index is -3.81. The second-order valence-corrected chi connectivity index (χ2v) is 6.26. The Labute approximate surface area is 121 Å². The zero-order chi connectivity index (χ0) is 14.9. The number of benzene rings is 2. The maximum atomic E-state index is 13.0. The molecule has 2 aromatic rings. The Morgan fingerprint density at radius 1 is 1.25 bits per heavy atom. The molecule has 4 nitrogen and oxygen atoms in total. The summed E-state index contributed by atoms with van der Waals surface area (Å²) in [7, 11) is -3.81. The molecule has 3 N–H and O–H groups in total. The minimum Gasteiger partial charge on any atom is -0.398 e. The van der Waals surface area contributed by atoms with Crippen LogP contribution >= 0.6 is 11.6 Å². The van der Waals surface area contributed by atoms with Gasteiger partial charge in [-0.05, 0) is 42.8 Å². The Balaban J connectivity index is 2.41. The lowest BCUT2D eigenvalue weighted by atomic mass is 10.2. The van der Waals surface area contributed by atoms with Crippen LogP contribution in [0.5, 0.6) is 0 Å². The van der Waals surface area contributed by atoms with Crippen molar-refractivity contribution in [2.24, 2.45) is 0 Å². The number of rotatable bonds is 3. The summed E-state index contributed by atoms with van der Waals surface area (Å²) in [5.41, 5.74) is 6.70. The summed E-state index contributed by atoms with van der Waals surface area (Å²) in [4.78, 5) is 0.0675. The Morgan fingerprint density at radius 3 is 2.60 bits per heavy atom. The lowest BCUT2D eigenvalue weighted by Gasteiger charge is -2.12. The number of halogens is 2. The van der Waals surface area contributed by atoms with Crippen LogP contribution in [-0.2, 0) is 10.0 Å². The molecule has 0 aliphatic carbocycles. The van der Waals surface area contributed by atoms with Crippen LogP contribution < -0.4 is 10.5 Å². The van der Waals surface area contributed by atoms with E-state index >= 15 is 0 Å². The molecule has 20 heavy (non-hydrogen) atoms. The van der Waals surface area contributed by atoms with Gasteiger partial charge < -0.3 is 5.73 Å². The topological polar surface area (TPSA) is 72.2 Å². The highest BCUT2D eigenvalue weighted by molar-refractivity contribution is 7.92. The molecular weight excluding hydrogens is 303 g/mol. The first-order valence-electron chi connectivity index (χ1n) is 5.64. The van der Waals surface area contributed by atoms with Gasteiger partial charge >= 0.3 is 0 Å². The van der Waals surface area contributed by atoms with Crippen molar-refractivity contribution in [3.05, 3.63) is 52.8 Å². The van der Waals surface area contributed by atoms with Crippen molar-refractivity contribution in [2.45, 2.75) is 11.8 Å². The lowest BCUT2D eigenvalue weighted by Crippen LogP contribution is -2.15. The van der Waals surface area contributed by atoms with Crippen LogP contribution in [0.15, 0.2) is 41.3 Å². The van der Waals surface area contributed by atoms with Crippen LogP contribution in [0.2, 0.25) is 5.02 Å². The van der Waals surface area contributed by atoms with Gasteiger partial charge in [-0.25, -0.2) is 12.8 Å². The monoisotopic (exact) mass is 314 g/mol. The van der Waals surface area contributed by atoms with E-state index in [9.17, 15) is 12.8 Å². The summed E-state index contributed by atoms with van der Waals surface area (Å²) in [6.45, 7) is 1.61. The summed E-state index contributed by atoms with van der Waals surface area (Å²) in [5, 5.41) is -0.158. The van der Waals surface area contributed by atoms with E-state index in [0.29, 0.717) is 11.3 Å². The van der Waals surface area contributed by atoms with Crippen molar-refractivity contribution in [2.75, 3.05) is 10.5 Å².